The van der Waals surface area contributed by atoms with Crippen LogP contribution < -0.4 is 10.6 Å². The number of rotatable bonds is 5. The molecule has 7 nitrogen and oxygen atoms in total. The van der Waals surface area contributed by atoms with E-state index in [1.165, 1.54) is 14.0 Å². The maximum Gasteiger partial charge on any atom is 0.331 e. The van der Waals surface area contributed by atoms with Crippen LogP contribution in [0.3, 0.4) is 0 Å². The molecule has 2 amide bonds. The van der Waals surface area contributed by atoms with Crippen molar-refractivity contribution in [2.75, 3.05) is 19.0 Å². The number of benzene rings is 1. The van der Waals surface area contributed by atoms with Crippen molar-refractivity contribution in [3.8, 4) is 0 Å². The van der Waals surface area contributed by atoms with E-state index in [2.05, 4.69) is 10.6 Å². The Labute approximate surface area is 127 Å². The second-order valence-corrected chi connectivity index (χ2v) is 5.44. The number of methoxy groups -OCH3 is 1. The third-order valence-electron chi connectivity index (χ3n) is 3.56. The summed E-state index contributed by atoms with van der Waals surface area (Å²) in [5, 5.41) is 14.4. The second-order valence-electron chi connectivity index (χ2n) is 5.44. The van der Waals surface area contributed by atoms with E-state index in [0.717, 1.165) is 5.56 Å². The summed E-state index contributed by atoms with van der Waals surface area (Å²) < 4.78 is 4.86. The predicted molar refractivity (Wildman–Crippen MR) is 78.8 cm³/mol. The van der Waals surface area contributed by atoms with E-state index in [9.17, 15) is 19.5 Å². The highest BCUT2D eigenvalue weighted by Crippen LogP contribution is 2.23. The van der Waals surface area contributed by atoms with Crippen molar-refractivity contribution in [1.82, 2.24) is 5.32 Å². The van der Waals surface area contributed by atoms with Crippen LogP contribution in [0, 0.1) is 0 Å². The topological polar surface area (TPSA) is 105 Å². The van der Waals surface area contributed by atoms with E-state index in [1.54, 1.807) is 18.2 Å². The van der Waals surface area contributed by atoms with Gasteiger partial charge in [-0.15, -0.1) is 0 Å². The smallest absolute Gasteiger partial charge is 0.331 e. The van der Waals surface area contributed by atoms with Crippen molar-refractivity contribution in [1.29, 1.82) is 0 Å². The first-order valence-corrected chi connectivity index (χ1v) is 6.83. The van der Waals surface area contributed by atoms with Gasteiger partial charge in [-0.2, -0.15) is 0 Å². The first-order valence-electron chi connectivity index (χ1n) is 6.83. The summed E-state index contributed by atoms with van der Waals surface area (Å²) in [5.74, 6) is -1.72. The Bertz CT molecular complexity index is 628. The summed E-state index contributed by atoms with van der Waals surface area (Å²) >= 11 is 0. The number of carboxylic acids is 1. The summed E-state index contributed by atoms with van der Waals surface area (Å²) in [5.41, 5.74) is 0.385. The first kappa shape index (κ1) is 16.0. The van der Waals surface area contributed by atoms with Crippen LogP contribution in [0.1, 0.15) is 29.3 Å². The standard InChI is InChI=1S/C15H18N2O5/c1-15(8-22-2,14(20)21)17-13(19)10-3-5-11-9(7-10)4-6-12(18)16-11/h3,5,7H,4,6,8H2,1-2H3,(H,16,18)(H,17,19)(H,20,21). The third-order valence-corrected chi connectivity index (χ3v) is 3.56. The molecule has 0 radical (unpaired) electrons. The molecule has 0 spiro atoms. The number of anilines is 1. The van der Waals surface area contributed by atoms with Gasteiger partial charge in [-0.1, -0.05) is 0 Å². The van der Waals surface area contributed by atoms with E-state index in [-0.39, 0.29) is 12.5 Å². The van der Waals surface area contributed by atoms with E-state index in [0.29, 0.717) is 24.1 Å². The van der Waals surface area contributed by atoms with E-state index >= 15 is 0 Å². The van der Waals surface area contributed by atoms with Crippen LogP contribution in [-0.4, -0.2) is 42.1 Å². The lowest BCUT2D eigenvalue weighted by Crippen LogP contribution is -2.55. The lowest BCUT2D eigenvalue weighted by molar-refractivity contribution is -0.145. The molecule has 0 fully saturated rings. The van der Waals surface area contributed by atoms with Crippen LogP contribution >= 0.6 is 0 Å². The summed E-state index contributed by atoms with van der Waals surface area (Å²) in [6, 6.07) is 4.86. The Morgan fingerprint density at radius 2 is 2.14 bits per heavy atom. The maximum atomic E-state index is 12.3. The van der Waals surface area contributed by atoms with E-state index in [4.69, 9.17) is 4.74 Å². The fourth-order valence-corrected chi connectivity index (χ4v) is 2.29. The molecule has 22 heavy (non-hydrogen) atoms. The van der Waals surface area contributed by atoms with Gasteiger partial charge in [0.2, 0.25) is 5.91 Å². The number of carbonyl (C=O) groups excluding carboxylic acids is 2. The Hall–Kier alpha value is -2.41. The van der Waals surface area contributed by atoms with Gasteiger partial charge in [0.25, 0.3) is 5.91 Å². The highest BCUT2D eigenvalue weighted by molar-refractivity contribution is 6.00. The number of carbonyl (C=O) groups is 3. The molecule has 1 aliphatic heterocycles. The number of aliphatic carboxylic acids is 1. The molecular formula is C15H18N2O5. The van der Waals surface area contributed by atoms with Gasteiger partial charge in [-0.05, 0) is 37.1 Å². The van der Waals surface area contributed by atoms with Crippen molar-refractivity contribution in [3.05, 3.63) is 29.3 Å². The minimum Gasteiger partial charge on any atom is -0.479 e. The number of nitrogens with one attached hydrogen (secondary N) is 2. The van der Waals surface area contributed by atoms with Crippen molar-refractivity contribution >= 4 is 23.5 Å². The van der Waals surface area contributed by atoms with Gasteiger partial charge in [0.1, 0.15) is 0 Å². The average Bonchev–Trinajstić information content (AvgIpc) is 2.46. The van der Waals surface area contributed by atoms with Gasteiger partial charge in [-0.3, -0.25) is 9.59 Å². The average molecular weight is 306 g/mol. The van der Waals surface area contributed by atoms with Gasteiger partial charge < -0.3 is 20.5 Å². The monoisotopic (exact) mass is 306 g/mol. The molecule has 7 heteroatoms. The molecule has 3 N–H and O–H groups in total. The minimum absolute atomic E-state index is 0.0525. The second kappa shape index (κ2) is 6.15. The van der Waals surface area contributed by atoms with Gasteiger partial charge in [0.15, 0.2) is 5.54 Å². The van der Waals surface area contributed by atoms with Crippen molar-refractivity contribution in [2.45, 2.75) is 25.3 Å². The molecule has 1 atom stereocenters. The Balaban J connectivity index is 2.19. The van der Waals surface area contributed by atoms with Crippen molar-refractivity contribution < 1.29 is 24.2 Å². The number of hydrogen-bond donors (Lipinski definition) is 3. The molecule has 0 saturated carbocycles. The van der Waals surface area contributed by atoms with Crippen LogP contribution in [0.15, 0.2) is 18.2 Å². The SMILES string of the molecule is COCC(C)(NC(=O)c1ccc2c(c1)CCC(=O)N2)C(=O)O. The van der Waals surface area contributed by atoms with Crippen LogP contribution in [0.2, 0.25) is 0 Å². The molecule has 1 heterocycles. The summed E-state index contributed by atoms with van der Waals surface area (Å²) in [7, 11) is 1.37. The zero-order chi connectivity index (χ0) is 16.3. The summed E-state index contributed by atoms with van der Waals surface area (Å²) in [6.07, 6.45) is 0.922. The maximum absolute atomic E-state index is 12.3. The van der Waals surface area contributed by atoms with Crippen LogP contribution in [-0.2, 0) is 20.7 Å². The molecule has 2 rings (SSSR count). The van der Waals surface area contributed by atoms with Crippen molar-refractivity contribution in [3.63, 3.8) is 0 Å². The van der Waals surface area contributed by atoms with Gasteiger partial charge >= 0.3 is 5.97 Å². The quantitative estimate of drug-likeness (QED) is 0.746. The predicted octanol–water partition coefficient (Wildman–Crippen LogP) is 0.791. The summed E-state index contributed by atoms with van der Waals surface area (Å²) in [4.78, 5) is 34.9. The number of carboxylic acid groups (broad SMARTS) is 1. The summed E-state index contributed by atoms with van der Waals surface area (Å²) in [6.45, 7) is 1.24. The van der Waals surface area contributed by atoms with Gasteiger partial charge in [0, 0.05) is 24.8 Å². The molecular weight excluding hydrogens is 288 g/mol. The number of aryl methyl sites for hydroxylation is 1. The Kier molecular flexibility index (Phi) is 4.46. The number of fused-ring (bicyclic) bond motifs is 1. The molecule has 0 bridgehead atoms. The zero-order valence-corrected chi connectivity index (χ0v) is 12.4. The third kappa shape index (κ3) is 3.25. The van der Waals surface area contributed by atoms with Crippen LogP contribution in [0.25, 0.3) is 0 Å². The lowest BCUT2D eigenvalue weighted by atomic mass is 9.99. The lowest BCUT2D eigenvalue weighted by Gasteiger charge is -2.25. The van der Waals surface area contributed by atoms with Gasteiger partial charge in [-0.25, -0.2) is 4.79 Å². The molecule has 1 aromatic carbocycles. The van der Waals surface area contributed by atoms with Crippen molar-refractivity contribution in [2.24, 2.45) is 0 Å². The number of ether oxygens (including phenoxy) is 1. The van der Waals surface area contributed by atoms with Crippen LogP contribution in [0.5, 0.6) is 0 Å². The molecule has 1 aliphatic rings. The van der Waals surface area contributed by atoms with E-state index in [1.807, 2.05) is 0 Å². The largest absolute Gasteiger partial charge is 0.479 e. The fraction of sp³-hybridized carbons (Fsp3) is 0.400. The molecule has 118 valence electrons. The van der Waals surface area contributed by atoms with Crippen LogP contribution in [0.4, 0.5) is 5.69 Å². The molecule has 0 aliphatic carbocycles. The van der Waals surface area contributed by atoms with E-state index < -0.39 is 17.4 Å². The highest BCUT2D eigenvalue weighted by Gasteiger charge is 2.35. The van der Waals surface area contributed by atoms with Gasteiger partial charge in [0.05, 0.1) is 6.61 Å². The fourth-order valence-electron chi connectivity index (χ4n) is 2.29. The molecule has 0 aromatic heterocycles. The number of amides is 2. The molecule has 1 unspecified atom stereocenters. The first-order chi connectivity index (χ1) is 10.4. The zero-order valence-electron chi connectivity index (χ0n) is 12.4. The Morgan fingerprint density at radius 3 is 2.77 bits per heavy atom. The normalized spacial score (nSPS) is 16.2. The Morgan fingerprint density at radius 1 is 1.41 bits per heavy atom. The highest BCUT2D eigenvalue weighted by atomic mass is 16.5. The number of hydrogen-bond acceptors (Lipinski definition) is 4. The molecule has 0 saturated heterocycles. The minimum atomic E-state index is -1.50. The molecule has 1 aromatic rings.